The minimum absolute atomic E-state index is 0.621. The molecular weight excluding hydrogens is 198 g/mol. The summed E-state index contributed by atoms with van der Waals surface area (Å²) in [6.07, 6.45) is 5.01. The van der Waals surface area contributed by atoms with Crippen LogP contribution in [0.1, 0.15) is 24.8 Å². The number of para-hydroxylation sites is 1. The summed E-state index contributed by atoms with van der Waals surface area (Å²) in [6, 6.07) is 9.30. The van der Waals surface area contributed by atoms with Gasteiger partial charge in [0.05, 0.1) is 6.61 Å². The summed E-state index contributed by atoms with van der Waals surface area (Å²) in [7, 11) is 0. The third-order valence-electron chi connectivity index (χ3n) is 3.85. The summed E-state index contributed by atoms with van der Waals surface area (Å²) in [6.45, 7) is 1.90. The van der Waals surface area contributed by atoms with Gasteiger partial charge in [0.2, 0.25) is 0 Å². The Morgan fingerprint density at radius 1 is 1.19 bits per heavy atom. The van der Waals surface area contributed by atoms with E-state index in [0.29, 0.717) is 12.0 Å². The van der Waals surface area contributed by atoms with E-state index in [1.165, 1.54) is 36.9 Å². The standard InChI is InChI=1S/C14H19NO/c1-2-6-13-11(4-1)7-8-14(15-13)12-5-3-9-16-10-12/h1-2,4,6,12,14-15H,3,5,7-10H2. The highest BCUT2D eigenvalue weighted by Crippen LogP contribution is 2.30. The van der Waals surface area contributed by atoms with Crippen LogP contribution in [0.3, 0.4) is 0 Å². The third kappa shape index (κ3) is 1.94. The predicted molar refractivity (Wildman–Crippen MR) is 65.7 cm³/mol. The zero-order chi connectivity index (χ0) is 10.8. The summed E-state index contributed by atoms with van der Waals surface area (Å²) in [5, 5.41) is 3.69. The Morgan fingerprint density at radius 3 is 3.00 bits per heavy atom. The third-order valence-corrected chi connectivity index (χ3v) is 3.85. The van der Waals surface area contributed by atoms with Crippen molar-refractivity contribution >= 4 is 5.69 Å². The number of anilines is 1. The fourth-order valence-electron chi connectivity index (χ4n) is 2.90. The first-order valence-electron chi connectivity index (χ1n) is 6.36. The highest BCUT2D eigenvalue weighted by molar-refractivity contribution is 5.53. The van der Waals surface area contributed by atoms with E-state index in [2.05, 4.69) is 29.6 Å². The molecule has 2 aliphatic rings. The van der Waals surface area contributed by atoms with E-state index in [1.807, 2.05) is 0 Å². The van der Waals surface area contributed by atoms with Gasteiger partial charge in [-0.1, -0.05) is 18.2 Å². The number of nitrogens with one attached hydrogen (secondary N) is 1. The van der Waals surface area contributed by atoms with Crippen molar-refractivity contribution in [3.8, 4) is 0 Å². The van der Waals surface area contributed by atoms with E-state index in [-0.39, 0.29) is 0 Å². The Bertz CT molecular complexity index is 358. The maximum atomic E-state index is 5.58. The lowest BCUT2D eigenvalue weighted by atomic mass is 9.86. The average molecular weight is 217 g/mol. The van der Waals surface area contributed by atoms with Gasteiger partial charge < -0.3 is 10.1 Å². The molecule has 1 aromatic rings. The molecule has 2 heteroatoms. The number of hydrogen-bond donors (Lipinski definition) is 1. The number of ether oxygens (including phenoxy) is 1. The molecule has 1 saturated heterocycles. The van der Waals surface area contributed by atoms with Crippen molar-refractivity contribution in [1.82, 2.24) is 0 Å². The van der Waals surface area contributed by atoms with Crippen LogP contribution in [0.15, 0.2) is 24.3 Å². The summed E-state index contributed by atoms with van der Waals surface area (Å²) in [5.74, 6) is 0.710. The maximum Gasteiger partial charge on any atom is 0.0513 e. The minimum Gasteiger partial charge on any atom is -0.382 e. The highest BCUT2D eigenvalue weighted by Gasteiger charge is 2.27. The molecule has 16 heavy (non-hydrogen) atoms. The summed E-state index contributed by atoms with van der Waals surface area (Å²) < 4.78 is 5.58. The van der Waals surface area contributed by atoms with Crippen LogP contribution in [0.4, 0.5) is 5.69 Å². The molecule has 3 rings (SSSR count). The normalized spacial score (nSPS) is 29.2. The maximum absolute atomic E-state index is 5.58. The number of rotatable bonds is 1. The molecular formula is C14H19NO. The molecule has 0 aromatic heterocycles. The largest absolute Gasteiger partial charge is 0.382 e. The van der Waals surface area contributed by atoms with Crippen LogP contribution in [-0.4, -0.2) is 19.3 Å². The van der Waals surface area contributed by atoms with Crippen molar-refractivity contribution < 1.29 is 4.74 Å². The fourth-order valence-corrected chi connectivity index (χ4v) is 2.90. The average Bonchev–Trinajstić information content (AvgIpc) is 2.39. The second kappa shape index (κ2) is 4.46. The van der Waals surface area contributed by atoms with Crippen LogP contribution >= 0.6 is 0 Å². The fraction of sp³-hybridized carbons (Fsp3) is 0.571. The smallest absolute Gasteiger partial charge is 0.0513 e. The van der Waals surface area contributed by atoms with Gasteiger partial charge in [-0.3, -0.25) is 0 Å². The summed E-state index contributed by atoms with van der Waals surface area (Å²) in [4.78, 5) is 0. The van der Waals surface area contributed by atoms with Crippen molar-refractivity contribution in [3.05, 3.63) is 29.8 Å². The zero-order valence-corrected chi connectivity index (χ0v) is 9.61. The molecule has 2 nitrogen and oxygen atoms in total. The quantitative estimate of drug-likeness (QED) is 0.781. The lowest BCUT2D eigenvalue weighted by Gasteiger charge is -2.35. The molecule has 0 bridgehead atoms. The minimum atomic E-state index is 0.621. The van der Waals surface area contributed by atoms with E-state index in [4.69, 9.17) is 4.74 Å². The van der Waals surface area contributed by atoms with Crippen LogP contribution in [0.5, 0.6) is 0 Å². The molecule has 2 aliphatic heterocycles. The van der Waals surface area contributed by atoms with Gasteiger partial charge in [0.15, 0.2) is 0 Å². The lowest BCUT2D eigenvalue weighted by Crippen LogP contribution is -2.37. The molecule has 2 heterocycles. The van der Waals surface area contributed by atoms with Crippen LogP contribution in [0.2, 0.25) is 0 Å². The Labute approximate surface area is 97.0 Å². The lowest BCUT2D eigenvalue weighted by molar-refractivity contribution is 0.0462. The molecule has 86 valence electrons. The van der Waals surface area contributed by atoms with Gasteiger partial charge in [0.25, 0.3) is 0 Å². The summed E-state index contributed by atoms with van der Waals surface area (Å²) >= 11 is 0. The Balaban J connectivity index is 1.72. The molecule has 1 fully saturated rings. The van der Waals surface area contributed by atoms with Crippen molar-refractivity contribution in [3.63, 3.8) is 0 Å². The Kier molecular flexibility index (Phi) is 2.83. The molecule has 0 aliphatic carbocycles. The molecule has 2 atom stereocenters. The van der Waals surface area contributed by atoms with Crippen molar-refractivity contribution in [2.75, 3.05) is 18.5 Å². The first-order chi connectivity index (χ1) is 7.93. The number of hydrogen-bond acceptors (Lipinski definition) is 2. The Morgan fingerprint density at radius 2 is 2.12 bits per heavy atom. The van der Waals surface area contributed by atoms with Crippen molar-refractivity contribution in [2.24, 2.45) is 5.92 Å². The van der Waals surface area contributed by atoms with Crippen molar-refractivity contribution in [1.29, 1.82) is 0 Å². The molecule has 0 saturated carbocycles. The zero-order valence-electron chi connectivity index (χ0n) is 9.61. The molecule has 0 amide bonds. The van der Waals surface area contributed by atoms with Crippen LogP contribution < -0.4 is 5.32 Å². The van der Waals surface area contributed by atoms with Crippen LogP contribution in [0, 0.1) is 5.92 Å². The van der Waals surface area contributed by atoms with Gasteiger partial charge >= 0.3 is 0 Å². The first-order valence-corrected chi connectivity index (χ1v) is 6.36. The van der Waals surface area contributed by atoms with E-state index in [0.717, 1.165) is 13.2 Å². The molecule has 1 aromatic carbocycles. The second-order valence-corrected chi connectivity index (χ2v) is 4.92. The van der Waals surface area contributed by atoms with Gasteiger partial charge in [-0.05, 0) is 37.3 Å². The Hall–Kier alpha value is -1.02. The van der Waals surface area contributed by atoms with E-state index >= 15 is 0 Å². The highest BCUT2D eigenvalue weighted by atomic mass is 16.5. The van der Waals surface area contributed by atoms with Gasteiger partial charge in [0, 0.05) is 24.3 Å². The van der Waals surface area contributed by atoms with Gasteiger partial charge in [-0.25, -0.2) is 0 Å². The van der Waals surface area contributed by atoms with Crippen LogP contribution in [-0.2, 0) is 11.2 Å². The van der Waals surface area contributed by atoms with E-state index < -0.39 is 0 Å². The summed E-state index contributed by atoms with van der Waals surface area (Å²) in [5.41, 5.74) is 2.81. The van der Waals surface area contributed by atoms with Gasteiger partial charge in [-0.2, -0.15) is 0 Å². The number of fused-ring (bicyclic) bond motifs is 1. The molecule has 0 spiro atoms. The monoisotopic (exact) mass is 217 g/mol. The van der Waals surface area contributed by atoms with E-state index in [9.17, 15) is 0 Å². The molecule has 0 radical (unpaired) electrons. The van der Waals surface area contributed by atoms with Gasteiger partial charge in [0.1, 0.15) is 0 Å². The molecule has 2 unspecified atom stereocenters. The van der Waals surface area contributed by atoms with Gasteiger partial charge in [-0.15, -0.1) is 0 Å². The van der Waals surface area contributed by atoms with Crippen molar-refractivity contribution in [2.45, 2.75) is 31.7 Å². The molecule has 1 N–H and O–H groups in total. The SMILES string of the molecule is c1ccc2c(c1)CCC(C1CCCOC1)N2. The second-order valence-electron chi connectivity index (χ2n) is 4.92. The number of benzene rings is 1. The van der Waals surface area contributed by atoms with E-state index in [1.54, 1.807) is 0 Å². The number of aryl methyl sites for hydroxylation is 1. The topological polar surface area (TPSA) is 21.3 Å². The predicted octanol–water partition coefficient (Wildman–Crippen LogP) is 2.84. The first kappa shape index (κ1) is 10.2. The van der Waals surface area contributed by atoms with Crippen LogP contribution in [0.25, 0.3) is 0 Å².